The van der Waals surface area contributed by atoms with Gasteiger partial charge in [0.25, 0.3) is 0 Å². The summed E-state index contributed by atoms with van der Waals surface area (Å²) in [4.78, 5) is 0. The molecule has 2 N–H and O–H groups in total. The fourth-order valence-electron chi connectivity index (χ4n) is 2.51. The summed E-state index contributed by atoms with van der Waals surface area (Å²) in [5, 5.41) is 4.39. The summed E-state index contributed by atoms with van der Waals surface area (Å²) < 4.78 is 12.3. The number of nitrogen functional groups attached to an aromatic ring is 1. The van der Waals surface area contributed by atoms with Crippen LogP contribution in [0.25, 0.3) is 5.69 Å². The van der Waals surface area contributed by atoms with E-state index in [-0.39, 0.29) is 0 Å². The molecule has 3 aromatic rings. The van der Waals surface area contributed by atoms with E-state index in [0.29, 0.717) is 23.7 Å². The number of methoxy groups -OCH3 is 2. The molecule has 1 heterocycles. The normalized spacial score (nSPS) is 10.5. The zero-order valence-corrected chi connectivity index (χ0v) is 13.2. The molecule has 0 atom stereocenters. The monoisotopic (exact) mass is 309 g/mol. The van der Waals surface area contributed by atoms with E-state index in [1.807, 2.05) is 48.5 Å². The van der Waals surface area contributed by atoms with Crippen molar-refractivity contribution in [2.75, 3.05) is 20.0 Å². The van der Waals surface area contributed by atoms with Gasteiger partial charge in [0.2, 0.25) is 0 Å². The van der Waals surface area contributed by atoms with E-state index in [9.17, 15) is 0 Å². The highest BCUT2D eigenvalue weighted by Crippen LogP contribution is 2.29. The fourth-order valence-corrected chi connectivity index (χ4v) is 2.51. The van der Waals surface area contributed by atoms with Crippen LogP contribution in [0.15, 0.2) is 54.7 Å². The molecule has 2 aromatic carbocycles. The summed E-state index contributed by atoms with van der Waals surface area (Å²) in [7, 11) is 3.25. The number of ether oxygens (including phenoxy) is 2. The van der Waals surface area contributed by atoms with Crippen LogP contribution in [0, 0.1) is 0 Å². The van der Waals surface area contributed by atoms with Gasteiger partial charge in [-0.2, -0.15) is 5.10 Å². The molecule has 23 heavy (non-hydrogen) atoms. The molecule has 0 bridgehead atoms. The van der Waals surface area contributed by atoms with Gasteiger partial charge in [-0.25, -0.2) is 4.68 Å². The first kappa shape index (κ1) is 15.0. The molecule has 0 amide bonds. The van der Waals surface area contributed by atoms with Crippen molar-refractivity contribution in [3.05, 3.63) is 65.9 Å². The lowest BCUT2D eigenvalue weighted by atomic mass is 10.1. The molecular weight excluding hydrogens is 290 g/mol. The van der Waals surface area contributed by atoms with Crippen molar-refractivity contribution in [3.8, 4) is 17.2 Å². The van der Waals surface area contributed by atoms with Gasteiger partial charge in [0, 0.05) is 12.0 Å². The van der Waals surface area contributed by atoms with E-state index < -0.39 is 0 Å². The van der Waals surface area contributed by atoms with Crippen molar-refractivity contribution in [1.82, 2.24) is 9.78 Å². The Labute approximate surface area is 135 Å². The van der Waals surface area contributed by atoms with Gasteiger partial charge in [0.1, 0.15) is 5.82 Å². The molecule has 5 nitrogen and oxygen atoms in total. The van der Waals surface area contributed by atoms with Crippen molar-refractivity contribution in [2.45, 2.75) is 6.42 Å². The average molecular weight is 309 g/mol. The molecule has 0 unspecified atom stereocenters. The molecule has 0 radical (unpaired) electrons. The van der Waals surface area contributed by atoms with Crippen molar-refractivity contribution in [1.29, 1.82) is 0 Å². The minimum Gasteiger partial charge on any atom is -0.493 e. The zero-order chi connectivity index (χ0) is 16.2. The molecule has 0 aliphatic rings. The molecule has 5 heteroatoms. The zero-order valence-electron chi connectivity index (χ0n) is 13.2. The molecule has 0 aliphatic heterocycles. The van der Waals surface area contributed by atoms with Crippen LogP contribution in [0.3, 0.4) is 0 Å². The lowest BCUT2D eigenvalue weighted by molar-refractivity contribution is 0.354. The Kier molecular flexibility index (Phi) is 4.19. The summed E-state index contributed by atoms with van der Waals surface area (Å²) in [5.74, 6) is 2.06. The highest BCUT2D eigenvalue weighted by atomic mass is 16.5. The Morgan fingerprint density at radius 1 is 1.00 bits per heavy atom. The second-order valence-electron chi connectivity index (χ2n) is 5.17. The van der Waals surface area contributed by atoms with Gasteiger partial charge in [0.05, 0.1) is 26.1 Å². The van der Waals surface area contributed by atoms with E-state index in [1.165, 1.54) is 0 Å². The molecule has 118 valence electrons. The highest BCUT2D eigenvalue weighted by molar-refractivity contribution is 5.50. The van der Waals surface area contributed by atoms with Gasteiger partial charge in [-0.05, 0) is 29.8 Å². The molecule has 0 aliphatic carbocycles. The van der Waals surface area contributed by atoms with Gasteiger partial charge in [-0.3, -0.25) is 0 Å². The first-order valence-corrected chi connectivity index (χ1v) is 7.31. The fraction of sp³-hybridized carbons (Fsp3) is 0.167. The smallest absolute Gasteiger partial charge is 0.160 e. The SMILES string of the molecule is COc1ccc(Cc2cnn(-c3ccccc3)c2N)cc1OC. The van der Waals surface area contributed by atoms with E-state index in [4.69, 9.17) is 15.2 Å². The highest BCUT2D eigenvalue weighted by Gasteiger charge is 2.11. The number of benzene rings is 2. The van der Waals surface area contributed by atoms with Crippen LogP contribution in [0.1, 0.15) is 11.1 Å². The Bertz CT molecular complexity index is 797. The lowest BCUT2D eigenvalue weighted by Gasteiger charge is -2.09. The summed E-state index contributed by atoms with van der Waals surface area (Å²) in [6.07, 6.45) is 2.48. The molecule has 0 saturated carbocycles. The van der Waals surface area contributed by atoms with E-state index in [0.717, 1.165) is 16.8 Å². The molecular formula is C18H19N3O2. The van der Waals surface area contributed by atoms with E-state index in [1.54, 1.807) is 25.1 Å². The maximum atomic E-state index is 6.25. The van der Waals surface area contributed by atoms with Crippen LogP contribution in [0.4, 0.5) is 5.82 Å². The number of hydrogen-bond donors (Lipinski definition) is 1. The van der Waals surface area contributed by atoms with Crippen LogP contribution in [0.2, 0.25) is 0 Å². The van der Waals surface area contributed by atoms with Crippen molar-refractivity contribution in [3.63, 3.8) is 0 Å². The number of nitrogens with two attached hydrogens (primary N) is 1. The minimum absolute atomic E-state index is 0.644. The maximum absolute atomic E-state index is 6.25. The number of nitrogens with zero attached hydrogens (tertiary/aromatic N) is 2. The van der Waals surface area contributed by atoms with Gasteiger partial charge in [-0.15, -0.1) is 0 Å². The molecule has 0 spiro atoms. The third-order valence-corrected chi connectivity index (χ3v) is 3.73. The van der Waals surface area contributed by atoms with Gasteiger partial charge in [0.15, 0.2) is 11.5 Å². The Morgan fingerprint density at radius 3 is 2.43 bits per heavy atom. The second kappa shape index (κ2) is 6.44. The number of rotatable bonds is 5. The largest absolute Gasteiger partial charge is 0.493 e. The molecule has 0 saturated heterocycles. The number of hydrogen-bond acceptors (Lipinski definition) is 4. The Morgan fingerprint density at radius 2 is 1.74 bits per heavy atom. The molecule has 0 fully saturated rings. The first-order valence-electron chi connectivity index (χ1n) is 7.31. The molecule has 1 aromatic heterocycles. The number of anilines is 1. The topological polar surface area (TPSA) is 62.3 Å². The summed E-state index contributed by atoms with van der Waals surface area (Å²) in [6, 6.07) is 15.7. The van der Waals surface area contributed by atoms with E-state index >= 15 is 0 Å². The van der Waals surface area contributed by atoms with Crippen LogP contribution >= 0.6 is 0 Å². The van der Waals surface area contributed by atoms with Crippen molar-refractivity contribution >= 4 is 5.82 Å². The Balaban J connectivity index is 1.88. The summed E-state index contributed by atoms with van der Waals surface area (Å²) in [6.45, 7) is 0. The van der Waals surface area contributed by atoms with Crippen LogP contribution < -0.4 is 15.2 Å². The van der Waals surface area contributed by atoms with Crippen molar-refractivity contribution in [2.24, 2.45) is 0 Å². The summed E-state index contributed by atoms with van der Waals surface area (Å²) >= 11 is 0. The second-order valence-corrected chi connectivity index (χ2v) is 5.17. The Hall–Kier alpha value is -2.95. The van der Waals surface area contributed by atoms with Crippen LogP contribution in [-0.4, -0.2) is 24.0 Å². The predicted molar refractivity (Wildman–Crippen MR) is 90.3 cm³/mol. The number of para-hydroxylation sites is 1. The maximum Gasteiger partial charge on any atom is 0.160 e. The van der Waals surface area contributed by atoms with Gasteiger partial charge >= 0.3 is 0 Å². The van der Waals surface area contributed by atoms with Crippen LogP contribution in [0.5, 0.6) is 11.5 Å². The summed E-state index contributed by atoms with van der Waals surface area (Å²) in [5.41, 5.74) is 9.26. The number of aromatic nitrogens is 2. The minimum atomic E-state index is 0.644. The lowest BCUT2D eigenvalue weighted by Crippen LogP contribution is -2.03. The standard InChI is InChI=1S/C18H19N3O2/c1-22-16-9-8-13(11-17(16)23-2)10-14-12-20-21(18(14)19)15-6-4-3-5-7-15/h3-9,11-12H,10,19H2,1-2H3. The van der Waals surface area contributed by atoms with Gasteiger partial charge < -0.3 is 15.2 Å². The van der Waals surface area contributed by atoms with Crippen molar-refractivity contribution < 1.29 is 9.47 Å². The molecule has 3 rings (SSSR count). The average Bonchev–Trinajstić information content (AvgIpc) is 2.96. The van der Waals surface area contributed by atoms with Gasteiger partial charge in [-0.1, -0.05) is 24.3 Å². The third kappa shape index (κ3) is 2.99. The third-order valence-electron chi connectivity index (χ3n) is 3.73. The predicted octanol–water partition coefficient (Wildman–Crippen LogP) is 3.06. The first-order chi connectivity index (χ1) is 11.2. The van der Waals surface area contributed by atoms with Crippen LogP contribution in [-0.2, 0) is 6.42 Å². The van der Waals surface area contributed by atoms with E-state index in [2.05, 4.69) is 5.10 Å². The quantitative estimate of drug-likeness (QED) is 0.787.